The maximum absolute atomic E-state index is 13.5. The van der Waals surface area contributed by atoms with E-state index in [2.05, 4.69) is 26.2 Å². The Balaban J connectivity index is 2.39. The first-order valence-corrected chi connectivity index (χ1v) is 6.16. The fourth-order valence-electron chi connectivity index (χ4n) is 1.38. The van der Waals surface area contributed by atoms with Gasteiger partial charge in [0, 0.05) is 6.07 Å². The van der Waals surface area contributed by atoms with Crippen LogP contribution in [0.3, 0.4) is 0 Å². The lowest BCUT2D eigenvalue weighted by molar-refractivity contribution is 0.581. The quantitative estimate of drug-likeness (QED) is 0.649. The minimum Gasteiger partial charge on any atom is -0.338 e. The molecule has 0 radical (unpaired) electrons. The van der Waals surface area contributed by atoms with Crippen LogP contribution in [0.25, 0.3) is 0 Å². The molecule has 7 heteroatoms. The fourth-order valence-corrected chi connectivity index (χ4v) is 1.93. The van der Waals surface area contributed by atoms with Crippen LogP contribution in [0.2, 0.25) is 5.15 Å². The van der Waals surface area contributed by atoms with Gasteiger partial charge in [-0.05, 0) is 34.1 Å². The van der Waals surface area contributed by atoms with E-state index in [0.717, 1.165) is 6.07 Å². The van der Waals surface area contributed by atoms with E-state index in [-0.39, 0.29) is 26.7 Å². The van der Waals surface area contributed by atoms with Crippen LogP contribution in [0, 0.1) is 23.0 Å². The van der Waals surface area contributed by atoms with Gasteiger partial charge >= 0.3 is 0 Å². The van der Waals surface area contributed by atoms with Gasteiger partial charge in [-0.2, -0.15) is 5.26 Å². The molecule has 0 amide bonds. The molecule has 0 aliphatic carbocycles. The SMILES string of the molecule is N#Cc1cc(Cl)nc(Nc2cc(Br)c(F)cc2F)c1. The predicted octanol–water partition coefficient (Wildman–Crippen LogP) is 4.39. The second-order valence-electron chi connectivity index (χ2n) is 3.55. The number of hydrogen-bond donors (Lipinski definition) is 1. The number of hydrogen-bond acceptors (Lipinski definition) is 3. The summed E-state index contributed by atoms with van der Waals surface area (Å²) in [4.78, 5) is 3.90. The van der Waals surface area contributed by atoms with Gasteiger partial charge in [-0.25, -0.2) is 13.8 Å². The Hall–Kier alpha value is -1.71. The van der Waals surface area contributed by atoms with Crippen molar-refractivity contribution in [3.05, 3.63) is 51.1 Å². The number of nitrogens with zero attached hydrogens (tertiary/aromatic N) is 2. The van der Waals surface area contributed by atoms with Gasteiger partial charge in [0.15, 0.2) is 0 Å². The van der Waals surface area contributed by atoms with E-state index in [1.54, 1.807) is 0 Å². The molecule has 0 saturated carbocycles. The zero-order chi connectivity index (χ0) is 14.0. The summed E-state index contributed by atoms with van der Waals surface area (Å²) in [7, 11) is 0. The van der Waals surface area contributed by atoms with Gasteiger partial charge in [0.2, 0.25) is 0 Å². The number of pyridine rings is 1. The molecule has 1 aromatic carbocycles. The molecule has 2 aromatic rings. The second kappa shape index (κ2) is 5.51. The molecule has 2 rings (SSSR count). The van der Waals surface area contributed by atoms with E-state index in [1.165, 1.54) is 18.2 Å². The number of nitriles is 1. The Labute approximate surface area is 121 Å². The Bertz CT molecular complexity index is 685. The molecule has 0 saturated heterocycles. The van der Waals surface area contributed by atoms with Crippen molar-refractivity contribution in [1.82, 2.24) is 4.98 Å². The monoisotopic (exact) mass is 343 g/mol. The van der Waals surface area contributed by atoms with E-state index in [9.17, 15) is 8.78 Å². The van der Waals surface area contributed by atoms with Crippen LogP contribution in [0.5, 0.6) is 0 Å². The normalized spacial score (nSPS) is 10.1. The summed E-state index contributed by atoms with van der Waals surface area (Å²) in [6.07, 6.45) is 0. The van der Waals surface area contributed by atoms with Crippen LogP contribution in [-0.4, -0.2) is 4.98 Å². The molecule has 96 valence electrons. The molecule has 1 heterocycles. The van der Waals surface area contributed by atoms with Crippen LogP contribution in [0.4, 0.5) is 20.3 Å². The highest BCUT2D eigenvalue weighted by Gasteiger charge is 2.10. The Kier molecular flexibility index (Phi) is 3.98. The summed E-state index contributed by atoms with van der Waals surface area (Å²) >= 11 is 8.68. The topological polar surface area (TPSA) is 48.7 Å². The lowest BCUT2D eigenvalue weighted by atomic mass is 10.2. The first kappa shape index (κ1) is 13.7. The van der Waals surface area contributed by atoms with Gasteiger partial charge < -0.3 is 5.32 Å². The number of benzene rings is 1. The molecule has 0 fully saturated rings. The van der Waals surface area contributed by atoms with E-state index in [4.69, 9.17) is 16.9 Å². The minimum atomic E-state index is -0.777. The summed E-state index contributed by atoms with van der Waals surface area (Å²) in [6, 6.07) is 6.66. The smallest absolute Gasteiger partial charge is 0.149 e. The summed E-state index contributed by atoms with van der Waals surface area (Å²) in [6.45, 7) is 0. The molecule has 0 aliphatic heterocycles. The molecule has 0 bridgehead atoms. The second-order valence-corrected chi connectivity index (χ2v) is 4.79. The number of halogens is 4. The van der Waals surface area contributed by atoms with Crippen LogP contribution < -0.4 is 5.32 Å². The van der Waals surface area contributed by atoms with Crippen LogP contribution >= 0.6 is 27.5 Å². The third-order valence-electron chi connectivity index (χ3n) is 2.20. The number of anilines is 2. The maximum atomic E-state index is 13.5. The average molecular weight is 345 g/mol. The molecule has 0 atom stereocenters. The fraction of sp³-hybridized carbons (Fsp3) is 0. The highest BCUT2D eigenvalue weighted by atomic mass is 79.9. The van der Waals surface area contributed by atoms with Crippen molar-refractivity contribution in [1.29, 1.82) is 5.26 Å². The Morgan fingerprint density at radius 3 is 2.63 bits per heavy atom. The first-order valence-electron chi connectivity index (χ1n) is 4.99. The third kappa shape index (κ3) is 3.19. The highest BCUT2D eigenvalue weighted by molar-refractivity contribution is 9.10. The van der Waals surface area contributed by atoms with Crippen LogP contribution in [-0.2, 0) is 0 Å². The summed E-state index contributed by atoms with van der Waals surface area (Å²) in [5.74, 6) is -1.29. The van der Waals surface area contributed by atoms with Crippen LogP contribution in [0.1, 0.15) is 5.56 Å². The number of nitrogens with one attached hydrogen (secondary N) is 1. The first-order chi connectivity index (χ1) is 8.99. The van der Waals surface area contributed by atoms with E-state index in [0.29, 0.717) is 0 Å². The predicted molar refractivity (Wildman–Crippen MR) is 71.3 cm³/mol. The molecule has 1 N–H and O–H groups in total. The van der Waals surface area contributed by atoms with E-state index < -0.39 is 11.6 Å². The lowest BCUT2D eigenvalue weighted by Crippen LogP contribution is -1.98. The van der Waals surface area contributed by atoms with E-state index in [1.807, 2.05) is 6.07 Å². The summed E-state index contributed by atoms with van der Waals surface area (Å²) < 4.78 is 26.7. The minimum absolute atomic E-state index is 0.0203. The summed E-state index contributed by atoms with van der Waals surface area (Å²) in [5.41, 5.74) is 0.302. The highest BCUT2D eigenvalue weighted by Crippen LogP contribution is 2.26. The van der Waals surface area contributed by atoms with Gasteiger partial charge in [-0.3, -0.25) is 0 Å². The van der Waals surface area contributed by atoms with Gasteiger partial charge in [0.25, 0.3) is 0 Å². The van der Waals surface area contributed by atoms with E-state index >= 15 is 0 Å². The lowest BCUT2D eigenvalue weighted by Gasteiger charge is -2.08. The molecule has 0 aliphatic rings. The van der Waals surface area contributed by atoms with Gasteiger partial charge in [0.05, 0.1) is 21.8 Å². The maximum Gasteiger partial charge on any atom is 0.149 e. The Morgan fingerprint density at radius 2 is 1.95 bits per heavy atom. The van der Waals surface area contributed by atoms with Gasteiger partial charge in [-0.15, -0.1) is 0 Å². The van der Waals surface area contributed by atoms with Crippen molar-refractivity contribution in [2.24, 2.45) is 0 Å². The number of aromatic nitrogens is 1. The average Bonchev–Trinajstić information content (AvgIpc) is 2.35. The van der Waals surface area contributed by atoms with Crippen molar-refractivity contribution in [3.8, 4) is 6.07 Å². The number of rotatable bonds is 2. The van der Waals surface area contributed by atoms with Crippen molar-refractivity contribution < 1.29 is 8.78 Å². The molecular weight excluding hydrogens is 340 g/mol. The third-order valence-corrected chi connectivity index (χ3v) is 3.00. The molecule has 0 spiro atoms. The molecule has 1 aromatic heterocycles. The van der Waals surface area contributed by atoms with Crippen molar-refractivity contribution in [2.75, 3.05) is 5.32 Å². The zero-order valence-electron chi connectivity index (χ0n) is 9.22. The Morgan fingerprint density at radius 1 is 1.21 bits per heavy atom. The standard InChI is InChI=1S/C12H5BrClF2N3/c13-7-3-10(9(16)4-8(7)15)18-12-2-6(5-17)1-11(14)19-12/h1-4H,(H,18,19). The molecule has 3 nitrogen and oxygen atoms in total. The molecular formula is C12H5BrClF2N3. The van der Waals surface area contributed by atoms with Gasteiger partial charge in [0.1, 0.15) is 22.6 Å². The van der Waals surface area contributed by atoms with Gasteiger partial charge in [-0.1, -0.05) is 11.6 Å². The zero-order valence-corrected chi connectivity index (χ0v) is 11.6. The molecule has 19 heavy (non-hydrogen) atoms. The van der Waals surface area contributed by atoms with Crippen molar-refractivity contribution in [2.45, 2.75) is 0 Å². The summed E-state index contributed by atoms with van der Waals surface area (Å²) in [5, 5.41) is 11.5. The molecule has 0 unspecified atom stereocenters. The largest absolute Gasteiger partial charge is 0.338 e. The van der Waals surface area contributed by atoms with Crippen molar-refractivity contribution >= 4 is 39.0 Å². The van der Waals surface area contributed by atoms with Crippen LogP contribution in [0.15, 0.2) is 28.7 Å². The van der Waals surface area contributed by atoms with Crippen molar-refractivity contribution in [3.63, 3.8) is 0 Å².